The van der Waals surface area contributed by atoms with E-state index in [1.165, 1.54) is 5.56 Å². The molecule has 1 fully saturated rings. The van der Waals surface area contributed by atoms with Gasteiger partial charge in [0.05, 0.1) is 13.0 Å². The lowest BCUT2D eigenvalue weighted by Crippen LogP contribution is -2.24. The number of aryl methyl sites for hydroxylation is 2. The van der Waals surface area contributed by atoms with Crippen LogP contribution in [0, 0.1) is 13.8 Å². The molecule has 1 unspecified atom stereocenters. The van der Waals surface area contributed by atoms with Crippen LogP contribution >= 0.6 is 0 Å². The maximum Gasteiger partial charge on any atom is 0.232 e. The fourth-order valence-corrected chi connectivity index (χ4v) is 3.48. The summed E-state index contributed by atoms with van der Waals surface area (Å²) < 4.78 is 10.8. The van der Waals surface area contributed by atoms with E-state index in [2.05, 4.69) is 23.1 Å². The monoisotopic (exact) mass is 363 g/mol. The van der Waals surface area contributed by atoms with E-state index in [0.29, 0.717) is 24.7 Å². The lowest BCUT2D eigenvalue weighted by Gasteiger charge is -2.16. The normalized spacial score (nSPS) is 16.8. The first-order valence-electron chi connectivity index (χ1n) is 8.91. The van der Waals surface area contributed by atoms with Crippen molar-refractivity contribution in [2.24, 2.45) is 0 Å². The van der Waals surface area contributed by atoms with E-state index >= 15 is 0 Å². The number of ether oxygens (including phenoxy) is 1. The number of amides is 1. The van der Waals surface area contributed by atoms with E-state index in [0.717, 1.165) is 22.6 Å². The van der Waals surface area contributed by atoms with E-state index in [4.69, 9.17) is 9.26 Å². The van der Waals surface area contributed by atoms with Crippen LogP contribution in [0.1, 0.15) is 29.4 Å². The van der Waals surface area contributed by atoms with Gasteiger partial charge in [-0.2, -0.15) is 4.98 Å². The summed E-state index contributed by atoms with van der Waals surface area (Å²) in [6.45, 7) is 4.60. The Morgan fingerprint density at radius 3 is 2.81 bits per heavy atom. The quantitative estimate of drug-likeness (QED) is 0.703. The minimum absolute atomic E-state index is 0.0412. The Bertz CT molecular complexity index is 996. The average Bonchev–Trinajstić information content (AvgIpc) is 3.28. The lowest BCUT2D eigenvalue weighted by molar-refractivity contribution is -0.117. The second-order valence-corrected chi connectivity index (χ2v) is 6.88. The topological polar surface area (TPSA) is 68.5 Å². The minimum atomic E-state index is -0.115. The van der Waals surface area contributed by atoms with Crippen molar-refractivity contribution < 1.29 is 14.1 Å². The van der Waals surface area contributed by atoms with Crippen molar-refractivity contribution in [1.82, 2.24) is 10.1 Å². The second-order valence-electron chi connectivity index (χ2n) is 6.88. The molecule has 1 aliphatic rings. The summed E-state index contributed by atoms with van der Waals surface area (Å²) in [5.41, 5.74) is 4.05. The van der Waals surface area contributed by atoms with Crippen LogP contribution in [-0.2, 0) is 4.79 Å². The summed E-state index contributed by atoms with van der Waals surface area (Å²) in [6.07, 6.45) is 0.353. The molecule has 138 valence electrons. The highest BCUT2D eigenvalue weighted by atomic mass is 16.5. The molecule has 1 aliphatic heterocycles. The Kier molecular flexibility index (Phi) is 4.39. The highest BCUT2D eigenvalue weighted by Crippen LogP contribution is 2.33. The van der Waals surface area contributed by atoms with E-state index in [1.807, 2.05) is 43.3 Å². The summed E-state index contributed by atoms with van der Waals surface area (Å²) in [6, 6.07) is 13.6. The zero-order valence-electron chi connectivity index (χ0n) is 15.6. The van der Waals surface area contributed by atoms with Crippen LogP contribution in [0.3, 0.4) is 0 Å². The zero-order valence-corrected chi connectivity index (χ0v) is 15.6. The third kappa shape index (κ3) is 3.30. The van der Waals surface area contributed by atoms with Crippen molar-refractivity contribution in [1.29, 1.82) is 0 Å². The van der Waals surface area contributed by atoms with Crippen molar-refractivity contribution in [2.45, 2.75) is 26.2 Å². The maximum absolute atomic E-state index is 12.5. The van der Waals surface area contributed by atoms with Gasteiger partial charge in [0.2, 0.25) is 17.6 Å². The molecule has 0 radical (unpaired) electrons. The molecule has 0 aliphatic carbocycles. The Hall–Kier alpha value is -3.15. The maximum atomic E-state index is 12.5. The first-order valence-corrected chi connectivity index (χ1v) is 8.91. The van der Waals surface area contributed by atoms with E-state index < -0.39 is 0 Å². The van der Waals surface area contributed by atoms with E-state index in [-0.39, 0.29) is 11.8 Å². The van der Waals surface area contributed by atoms with Crippen LogP contribution in [0.5, 0.6) is 5.75 Å². The number of methoxy groups -OCH3 is 1. The van der Waals surface area contributed by atoms with Gasteiger partial charge in [-0.3, -0.25) is 4.79 Å². The number of carbonyl (C=O) groups excluding carboxylic acids is 1. The third-order valence-corrected chi connectivity index (χ3v) is 4.90. The molecule has 2 aromatic carbocycles. The zero-order chi connectivity index (χ0) is 19.0. The Morgan fingerprint density at radius 2 is 2.04 bits per heavy atom. The van der Waals surface area contributed by atoms with Gasteiger partial charge in [0, 0.05) is 30.3 Å². The van der Waals surface area contributed by atoms with Crippen molar-refractivity contribution >= 4 is 11.6 Å². The lowest BCUT2D eigenvalue weighted by atomic mass is 10.1. The summed E-state index contributed by atoms with van der Waals surface area (Å²) in [4.78, 5) is 18.8. The molecule has 6 heteroatoms. The van der Waals surface area contributed by atoms with Gasteiger partial charge in [-0.15, -0.1) is 0 Å². The van der Waals surface area contributed by atoms with Crippen LogP contribution < -0.4 is 9.64 Å². The molecule has 2 heterocycles. The molecular weight excluding hydrogens is 342 g/mol. The van der Waals surface area contributed by atoms with Crippen LogP contribution in [0.4, 0.5) is 5.69 Å². The number of hydrogen-bond donors (Lipinski definition) is 0. The van der Waals surface area contributed by atoms with Gasteiger partial charge < -0.3 is 14.2 Å². The first-order chi connectivity index (χ1) is 13.0. The molecule has 6 nitrogen and oxygen atoms in total. The standard InChI is InChI=1S/C21H21N3O3/c1-13-7-8-18(14(2)9-13)20-22-21(27-23-20)15-10-19(25)24(12-15)16-5-4-6-17(11-16)26-3/h4-9,11,15H,10,12H2,1-3H3. The minimum Gasteiger partial charge on any atom is -0.497 e. The summed E-state index contributed by atoms with van der Waals surface area (Å²) in [5.74, 6) is 1.72. The number of rotatable bonds is 4. The van der Waals surface area contributed by atoms with E-state index in [9.17, 15) is 4.79 Å². The molecule has 0 spiro atoms. The number of benzene rings is 2. The first kappa shape index (κ1) is 17.3. The molecule has 1 amide bonds. The average molecular weight is 363 g/mol. The predicted molar refractivity (Wildman–Crippen MR) is 102 cm³/mol. The van der Waals surface area contributed by atoms with Gasteiger partial charge in [-0.25, -0.2) is 0 Å². The Labute approximate surface area is 157 Å². The highest BCUT2D eigenvalue weighted by molar-refractivity contribution is 5.96. The van der Waals surface area contributed by atoms with Gasteiger partial charge in [-0.05, 0) is 31.5 Å². The van der Waals surface area contributed by atoms with Gasteiger partial charge in [0.15, 0.2) is 0 Å². The molecule has 1 aromatic heterocycles. The molecule has 3 aromatic rings. The van der Waals surface area contributed by atoms with E-state index in [1.54, 1.807) is 12.0 Å². The SMILES string of the molecule is COc1cccc(N2CC(c3nc(-c4ccc(C)cc4C)no3)CC2=O)c1. The largest absolute Gasteiger partial charge is 0.497 e. The molecule has 0 saturated carbocycles. The van der Waals surface area contributed by atoms with Crippen molar-refractivity contribution in [3.8, 4) is 17.1 Å². The highest BCUT2D eigenvalue weighted by Gasteiger charge is 2.35. The summed E-state index contributed by atoms with van der Waals surface area (Å²) in [5, 5.41) is 4.14. The van der Waals surface area contributed by atoms with Crippen LogP contribution in [-0.4, -0.2) is 29.7 Å². The number of aromatic nitrogens is 2. The fraction of sp³-hybridized carbons (Fsp3) is 0.286. The summed E-state index contributed by atoms with van der Waals surface area (Å²) in [7, 11) is 1.61. The molecule has 0 bridgehead atoms. The summed E-state index contributed by atoms with van der Waals surface area (Å²) >= 11 is 0. The fourth-order valence-electron chi connectivity index (χ4n) is 3.48. The molecular formula is C21H21N3O3. The van der Waals surface area contributed by atoms with Crippen LogP contribution in [0.15, 0.2) is 47.0 Å². The molecule has 27 heavy (non-hydrogen) atoms. The van der Waals surface area contributed by atoms with Gasteiger partial charge in [0.25, 0.3) is 0 Å². The van der Waals surface area contributed by atoms with Crippen LogP contribution in [0.25, 0.3) is 11.4 Å². The predicted octanol–water partition coefficient (Wildman–Crippen LogP) is 3.88. The molecule has 0 N–H and O–H groups in total. The number of nitrogens with zero attached hydrogens (tertiary/aromatic N) is 3. The molecule has 1 saturated heterocycles. The Morgan fingerprint density at radius 1 is 1.19 bits per heavy atom. The Balaban J connectivity index is 1.57. The van der Waals surface area contributed by atoms with Gasteiger partial charge in [-0.1, -0.05) is 35.0 Å². The molecule has 4 rings (SSSR count). The second kappa shape index (κ2) is 6.87. The van der Waals surface area contributed by atoms with Crippen molar-refractivity contribution in [3.63, 3.8) is 0 Å². The third-order valence-electron chi connectivity index (χ3n) is 4.90. The molecule has 1 atom stereocenters. The number of anilines is 1. The number of hydrogen-bond acceptors (Lipinski definition) is 5. The number of carbonyl (C=O) groups is 1. The van der Waals surface area contributed by atoms with Gasteiger partial charge >= 0.3 is 0 Å². The van der Waals surface area contributed by atoms with Crippen molar-refractivity contribution in [3.05, 3.63) is 59.5 Å². The van der Waals surface area contributed by atoms with Crippen LogP contribution in [0.2, 0.25) is 0 Å². The van der Waals surface area contributed by atoms with Crippen molar-refractivity contribution in [2.75, 3.05) is 18.6 Å². The van der Waals surface area contributed by atoms with Gasteiger partial charge in [0.1, 0.15) is 5.75 Å². The smallest absolute Gasteiger partial charge is 0.232 e.